The van der Waals surface area contributed by atoms with Crippen LogP contribution in [0.3, 0.4) is 0 Å². The summed E-state index contributed by atoms with van der Waals surface area (Å²) in [5.41, 5.74) is 4.07. The first kappa shape index (κ1) is 12.3. The Kier molecular flexibility index (Phi) is 3.30. The highest BCUT2D eigenvalue weighted by Gasteiger charge is 2.14. The van der Waals surface area contributed by atoms with Crippen molar-refractivity contribution in [2.45, 2.75) is 19.4 Å². The quantitative estimate of drug-likeness (QED) is 0.873. The molecule has 2 aromatic carbocycles. The first-order valence-corrected chi connectivity index (χ1v) is 6.48. The third-order valence-corrected chi connectivity index (χ3v) is 3.63. The first-order chi connectivity index (χ1) is 9.24. The van der Waals surface area contributed by atoms with Gasteiger partial charge < -0.3 is 5.32 Å². The van der Waals surface area contributed by atoms with Crippen LogP contribution in [-0.4, -0.2) is 6.54 Å². The molecule has 0 aromatic heterocycles. The zero-order valence-electron chi connectivity index (χ0n) is 10.5. The standard InChI is InChI=1S/C16H15F2N/c17-14-4-5-16(18)13(9-14)8-11-2-1-3-12-10-19-7-6-15(11)12/h1-5,9,19H,6-8,10H2. The van der Waals surface area contributed by atoms with Gasteiger partial charge in [0, 0.05) is 13.0 Å². The van der Waals surface area contributed by atoms with Crippen molar-refractivity contribution in [3.8, 4) is 0 Å². The SMILES string of the molecule is Fc1ccc(F)c(Cc2cccc3c2CCNC3)c1. The average molecular weight is 259 g/mol. The molecule has 2 aromatic rings. The van der Waals surface area contributed by atoms with Crippen LogP contribution in [0.1, 0.15) is 22.3 Å². The highest BCUT2D eigenvalue weighted by molar-refractivity contribution is 5.40. The van der Waals surface area contributed by atoms with Gasteiger partial charge in [0.1, 0.15) is 11.6 Å². The van der Waals surface area contributed by atoms with E-state index in [1.165, 1.54) is 23.3 Å². The van der Waals surface area contributed by atoms with E-state index >= 15 is 0 Å². The number of benzene rings is 2. The van der Waals surface area contributed by atoms with Crippen LogP contribution < -0.4 is 5.32 Å². The molecule has 0 unspecified atom stereocenters. The van der Waals surface area contributed by atoms with Gasteiger partial charge in [0.05, 0.1) is 0 Å². The molecule has 0 amide bonds. The summed E-state index contributed by atoms with van der Waals surface area (Å²) in [5.74, 6) is -0.726. The molecule has 0 saturated carbocycles. The first-order valence-electron chi connectivity index (χ1n) is 6.48. The van der Waals surface area contributed by atoms with Gasteiger partial charge in [-0.15, -0.1) is 0 Å². The Labute approximate surface area is 111 Å². The fourth-order valence-corrected chi connectivity index (χ4v) is 2.66. The third-order valence-electron chi connectivity index (χ3n) is 3.63. The number of hydrogen-bond donors (Lipinski definition) is 1. The Hall–Kier alpha value is -1.74. The summed E-state index contributed by atoms with van der Waals surface area (Å²) in [6.07, 6.45) is 1.40. The molecule has 0 bridgehead atoms. The van der Waals surface area contributed by atoms with E-state index in [1.54, 1.807) is 0 Å². The van der Waals surface area contributed by atoms with E-state index in [4.69, 9.17) is 0 Å². The van der Waals surface area contributed by atoms with Gasteiger partial charge in [-0.3, -0.25) is 0 Å². The van der Waals surface area contributed by atoms with Crippen LogP contribution in [0.15, 0.2) is 36.4 Å². The highest BCUT2D eigenvalue weighted by Crippen LogP contribution is 2.22. The van der Waals surface area contributed by atoms with Gasteiger partial charge in [0.25, 0.3) is 0 Å². The molecule has 1 aliphatic heterocycles. The number of fused-ring (bicyclic) bond motifs is 1. The molecule has 19 heavy (non-hydrogen) atoms. The molecule has 1 nitrogen and oxygen atoms in total. The minimum Gasteiger partial charge on any atom is -0.312 e. The van der Waals surface area contributed by atoms with E-state index in [1.807, 2.05) is 12.1 Å². The van der Waals surface area contributed by atoms with Crippen molar-refractivity contribution in [3.05, 3.63) is 70.3 Å². The van der Waals surface area contributed by atoms with Crippen molar-refractivity contribution >= 4 is 0 Å². The van der Waals surface area contributed by atoms with Crippen molar-refractivity contribution in [2.75, 3.05) is 6.54 Å². The van der Waals surface area contributed by atoms with E-state index in [9.17, 15) is 8.78 Å². The minimum absolute atomic E-state index is 0.340. The van der Waals surface area contributed by atoms with Crippen LogP contribution in [0.5, 0.6) is 0 Å². The fourth-order valence-electron chi connectivity index (χ4n) is 2.66. The van der Waals surface area contributed by atoms with Crippen molar-refractivity contribution in [2.24, 2.45) is 0 Å². The molecule has 0 atom stereocenters. The van der Waals surface area contributed by atoms with Crippen LogP contribution in [-0.2, 0) is 19.4 Å². The van der Waals surface area contributed by atoms with Crippen LogP contribution in [0.25, 0.3) is 0 Å². The monoisotopic (exact) mass is 259 g/mol. The summed E-state index contributed by atoms with van der Waals surface area (Å²) in [7, 11) is 0. The van der Waals surface area contributed by atoms with Crippen molar-refractivity contribution in [3.63, 3.8) is 0 Å². The van der Waals surface area contributed by atoms with Gasteiger partial charge in [0.15, 0.2) is 0 Å². The van der Waals surface area contributed by atoms with Crippen molar-refractivity contribution in [1.29, 1.82) is 0 Å². The minimum atomic E-state index is -0.386. The number of nitrogens with one attached hydrogen (secondary N) is 1. The lowest BCUT2D eigenvalue weighted by Crippen LogP contribution is -2.24. The van der Waals surface area contributed by atoms with Crippen LogP contribution in [0, 0.1) is 11.6 Å². The molecule has 0 spiro atoms. The Bertz CT molecular complexity index is 608. The van der Waals surface area contributed by atoms with E-state index in [0.717, 1.165) is 31.1 Å². The lowest BCUT2D eigenvalue weighted by Gasteiger charge is -2.20. The maximum absolute atomic E-state index is 13.7. The molecule has 1 N–H and O–H groups in total. The predicted molar refractivity (Wildman–Crippen MR) is 71.0 cm³/mol. The van der Waals surface area contributed by atoms with Gasteiger partial charge in [0.2, 0.25) is 0 Å². The van der Waals surface area contributed by atoms with E-state index in [-0.39, 0.29) is 11.6 Å². The Morgan fingerprint density at radius 3 is 2.84 bits per heavy atom. The smallest absolute Gasteiger partial charge is 0.126 e. The van der Waals surface area contributed by atoms with Gasteiger partial charge in [-0.1, -0.05) is 18.2 Å². The van der Waals surface area contributed by atoms with Crippen molar-refractivity contribution in [1.82, 2.24) is 5.32 Å². The number of halogens is 2. The summed E-state index contributed by atoms with van der Waals surface area (Å²) in [4.78, 5) is 0. The maximum atomic E-state index is 13.7. The van der Waals surface area contributed by atoms with Crippen molar-refractivity contribution < 1.29 is 8.78 Å². The van der Waals surface area contributed by atoms with Crippen LogP contribution >= 0.6 is 0 Å². The molecule has 1 heterocycles. The highest BCUT2D eigenvalue weighted by atomic mass is 19.1. The largest absolute Gasteiger partial charge is 0.312 e. The molecule has 3 rings (SSSR count). The zero-order chi connectivity index (χ0) is 13.2. The molecule has 98 valence electrons. The summed E-state index contributed by atoms with van der Waals surface area (Å²) < 4.78 is 26.9. The zero-order valence-corrected chi connectivity index (χ0v) is 10.5. The Morgan fingerprint density at radius 2 is 1.95 bits per heavy atom. The van der Waals surface area contributed by atoms with E-state index < -0.39 is 0 Å². The third kappa shape index (κ3) is 2.51. The molecule has 0 aliphatic carbocycles. The normalized spacial score (nSPS) is 14.2. The second-order valence-corrected chi connectivity index (χ2v) is 4.89. The van der Waals surface area contributed by atoms with E-state index in [2.05, 4.69) is 11.4 Å². The molecule has 1 aliphatic rings. The molecule has 0 saturated heterocycles. The van der Waals surface area contributed by atoms with Gasteiger partial charge in [-0.2, -0.15) is 0 Å². The van der Waals surface area contributed by atoms with Crippen LogP contribution in [0.2, 0.25) is 0 Å². The Balaban J connectivity index is 1.97. The second-order valence-electron chi connectivity index (χ2n) is 4.89. The average Bonchev–Trinajstić information content (AvgIpc) is 2.43. The summed E-state index contributed by atoms with van der Waals surface area (Å²) in [6, 6.07) is 9.72. The maximum Gasteiger partial charge on any atom is 0.126 e. The summed E-state index contributed by atoms with van der Waals surface area (Å²) >= 11 is 0. The molecule has 0 radical (unpaired) electrons. The Morgan fingerprint density at radius 1 is 1.05 bits per heavy atom. The predicted octanol–water partition coefficient (Wildman–Crippen LogP) is 3.20. The second kappa shape index (κ2) is 5.10. The summed E-state index contributed by atoms with van der Waals surface area (Å²) in [5, 5.41) is 3.32. The summed E-state index contributed by atoms with van der Waals surface area (Å²) in [6.45, 7) is 1.80. The molecular weight excluding hydrogens is 244 g/mol. The molecule has 0 fully saturated rings. The molecular formula is C16H15F2N. The number of hydrogen-bond acceptors (Lipinski definition) is 1. The van der Waals surface area contributed by atoms with E-state index in [0.29, 0.717) is 12.0 Å². The lowest BCUT2D eigenvalue weighted by atomic mass is 9.92. The number of rotatable bonds is 2. The lowest BCUT2D eigenvalue weighted by molar-refractivity contribution is 0.587. The van der Waals surface area contributed by atoms with Gasteiger partial charge >= 0.3 is 0 Å². The van der Waals surface area contributed by atoms with Crippen LogP contribution in [0.4, 0.5) is 8.78 Å². The fraction of sp³-hybridized carbons (Fsp3) is 0.250. The van der Waals surface area contributed by atoms with Gasteiger partial charge in [-0.05, 0) is 53.4 Å². The van der Waals surface area contributed by atoms with Gasteiger partial charge in [-0.25, -0.2) is 8.78 Å². The molecule has 3 heteroatoms. The topological polar surface area (TPSA) is 12.0 Å².